The normalized spacial score (nSPS) is 25.5. The van der Waals surface area contributed by atoms with Crippen LogP contribution in [-0.2, 0) is 173 Å². The maximum absolute atomic E-state index is 15.7. The number of allylic oxidation sites excluding steroid dienone is 1. The number of carbonyl (C=O) groups excluding carboxylic acids is 4. The zero-order valence-electron chi connectivity index (χ0n) is 76.6. The van der Waals surface area contributed by atoms with Crippen molar-refractivity contribution in [2.45, 2.75) is 247 Å². The van der Waals surface area contributed by atoms with Crippen LogP contribution in [0, 0.1) is 10.8 Å². The molecule has 0 spiro atoms. The summed E-state index contributed by atoms with van der Waals surface area (Å²) in [6.07, 6.45) is -24.6. The van der Waals surface area contributed by atoms with E-state index in [-0.39, 0.29) is 92.5 Å². The molecule has 4 saturated heterocycles. The summed E-state index contributed by atoms with van der Waals surface area (Å²) in [5, 5.41) is 2.87. The molecule has 1 amide bonds. The Balaban J connectivity index is 1.00. The third-order valence-corrected chi connectivity index (χ3v) is 23.2. The molecule has 9 aromatic rings. The highest BCUT2D eigenvalue weighted by molar-refractivity contribution is 6.76. The number of hydrogen-bond donors (Lipinski definition) is 1. The van der Waals surface area contributed by atoms with E-state index in [0.29, 0.717) is 24.0 Å². The molecular formula is C106H122Cl3NO24. The number of benzene rings is 9. The number of esters is 3. The second kappa shape index (κ2) is 51.3. The number of rotatable bonds is 46. The maximum Gasteiger partial charge on any atom is 0.311 e. The summed E-state index contributed by atoms with van der Waals surface area (Å²) < 4.78 is 141. The fourth-order valence-electron chi connectivity index (χ4n) is 15.8. The number of halogens is 3. The average molecular weight is 1900 g/mol. The van der Waals surface area contributed by atoms with Crippen molar-refractivity contribution in [1.29, 1.82) is 0 Å². The fourth-order valence-corrected chi connectivity index (χ4v) is 15.9. The Morgan fingerprint density at radius 2 is 0.590 bits per heavy atom. The highest BCUT2D eigenvalue weighted by Crippen LogP contribution is 2.43. The second-order valence-corrected chi connectivity index (χ2v) is 37.7. The zero-order chi connectivity index (χ0) is 94.2. The molecular weight excluding hydrogens is 1780 g/mol. The molecule has 0 saturated carbocycles. The van der Waals surface area contributed by atoms with E-state index in [1.54, 1.807) is 47.6 Å². The molecule has 4 fully saturated rings. The van der Waals surface area contributed by atoms with Crippen LogP contribution in [-0.4, -0.2) is 183 Å². The summed E-state index contributed by atoms with van der Waals surface area (Å²) in [5.41, 5.74) is 4.57. The molecule has 20 atom stereocenters. The van der Waals surface area contributed by atoms with Gasteiger partial charge in [0.05, 0.1) is 103 Å². The van der Waals surface area contributed by atoms with Crippen molar-refractivity contribution in [1.82, 2.24) is 5.32 Å². The van der Waals surface area contributed by atoms with E-state index in [1.807, 2.05) is 273 Å². The van der Waals surface area contributed by atoms with Crippen LogP contribution >= 0.6 is 34.8 Å². The van der Waals surface area contributed by atoms with Crippen molar-refractivity contribution in [2.24, 2.45) is 10.8 Å². The first kappa shape index (κ1) is 102. The Kier molecular flexibility index (Phi) is 39.1. The van der Waals surface area contributed by atoms with E-state index < -0.39 is 161 Å². The Morgan fingerprint density at radius 1 is 0.321 bits per heavy atom. The van der Waals surface area contributed by atoms with E-state index >= 15 is 4.79 Å². The van der Waals surface area contributed by atoms with E-state index in [0.717, 1.165) is 38.9 Å². The lowest BCUT2D eigenvalue weighted by Crippen LogP contribution is -2.70. The lowest BCUT2D eigenvalue weighted by atomic mass is 9.93. The van der Waals surface area contributed by atoms with Crippen LogP contribution in [0.4, 0.5) is 0 Å². The lowest BCUT2D eigenvalue weighted by Gasteiger charge is -2.52. The van der Waals surface area contributed by atoms with E-state index in [9.17, 15) is 14.4 Å². The number of hydrogen-bond acceptors (Lipinski definition) is 24. The summed E-state index contributed by atoms with van der Waals surface area (Å²) in [6, 6.07) is 83.5. The topological polar surface area (TPSA) is 265 Å². The molecule has 4 heterocycles. The van der Waals surface area contributed by atoms with Crippen molar-refractivity contribution in [3.63, 3.8) is 0 Å². The van der Waals surface area contributed by atoms with Crippen molar-refractivity contribution >= 4 is 58.6 Å². The van der Waals surface area contributed by atoms with Crippen LogP contribution in [0.25, 0.3) is 0 Å². The summed E-state index contributed by atoms with van der Waals surface area (Å²) >= 11 is 19.8. The molecule has 1 N–H and O–H groups in total. The van der Waals surface area contributed by atoms with Gasteiger partial charge in [-0.15, -0.1) is 6.58 Å². The fraction of sp³-hybridized carbons (Fsp3) is 0.434. The highest BCUT2D eigenvalue weighted by atomic mass is 35.6. The van der Waals surface area contributed by atoms with Gasteiger partial charge in [0.15, 0.2) is 43.5 Å². The third kappa shape index (κ3) is 30.6. The van der Waals surface area contributed by atoms with Crippen LogP contribution in [0.1, 0.15) is 111 Å². The number of nitrogens with one attached hydrogen (secondary N) is 1. The maximum atomic E-state index is 15.7. The van der Waals surface area contributed by atoms with Gasteiger partial charge < -0.3 is 100 Å². The van der Waals surface area contributed by atoms with Gasteiger partial charge in [0.1, 0.15) is 79.3 Å². The standard InChI is InChI=1S/C106H122Cl3NO24/c1-9-10-38-57-119-98-95(133-102(113)104(3,4)5)91(122-64-78-51-32-17-33-52-78)88(83(127-98)69-117-60-74-43-24-13-25-44-74)131-100-96(134-103(114)105(6,7)8)92(123-65-79-53-34-18-35-54-79)89(84(129-100)70-118-61-75-45-26-14-27-46-75)130-99-94(124-66-80-55-36-19-37-56-80)93(87(121-63-77-49-30-16-31-50-77)82(128-99)68-116-59-73-41-22-12-23-42-73)132-97-85(110-101(112)106(107,108)109)90(125-71(2)111)86(120-62-76-47-28-15-29-48-76)81(126-97)67-115-58-72-39-20-11-21-40-72/h9,11-37,39-56,81-100H,1,10,38,57-70H2,2-8H3,(H,110,112)/t81-,82-,83-,84-,85-,86+,87+,88-,89+,90-,91+,92+,93+,94-,95-,96-,97+,98-,99-,100+/m1/s1. The number of alkyl halides is 3. The molecule has 28 heteroatoms. The SMILES string of the molecule is C=CCCCO[C@@H]1O[C@H](COCc2ccccc2)[C@@H](O[C@@H]2O[C@H](COCc3ccccc3)[C@H](O[C@H]3O[C@H](COCc4ccccc4)[C@H](OCc4ccccc4)[C@H](O[C@@H]4O[C@H](COCc5ccccc5)[C@H](OCc5ccccc5)[C@H](OC(C)=O)[C@H]4NC(=O)C(Cl)(Cl)Cl)[C@H]3OCc3ccccc3)[C@H](OCc3ccccc3)[C@H]2OC(=O)C(C)(C)C)[C@H](OCc2ccccc2)[C@H]1OC(=O)C(C)(C)C. The molecule has 13 rings (SSSR count). The monoisotopic (exact) mass is 1900 g/mol. The van der Waals surface area contributed by atoms with Gasteiger partial charge in [-0.1, -0.05) is 314 Å². The number of amides is 1. The first-order valence-corrected chi connectivity index (χ1v) is 46.5. The average Bonchev–Trinajstić information content (AvgIpc) is 0.755. The lowest BCUT2D eigenvalue weighted by molar-refractivity contribution is -0.397. The van der Waals surface area contributed by atoms with E-state index in [2.05, 4.69) is 11.9 Å². The predicted molar refractivity (Wildman–Crippen MR) is 501 cm³/mol. The third-order valence-electron chi connectivity index (χ3n) is 22.7. The van der Waals surface area contributed by atoms with Crippen LogP contribution < -0.4 is 5.32 Å². The Bertz CT molecular complexity index is 4960. The smallest absolute Gasteiger partial charge is 0.311 e. The molecule has 0 bridgehead atoms. The summed E-state index contributed by atoms with van der Waals surface area (Å²) in [4.78, 5) is 59.5. The minimum absolute atomic E-state index is 0.0285. The van der Waals surface area contributed by atoms with Crippen LogP contribution in [0.2, 0.25) is 0 Å². The molecule has 0 aliphatic carbocycles. The first-order chi connectivity index (χ1) is 64.9. The van der Waals surface area contributed by atoms with Gasteiger partial charge in [-0.2, -0.15) is 0 Å². The van der Waals surface area contributed by atoms with Crippen molar-refractivity contribution in [3.8, 4) is 0 Å². The van der Waals surface area contributed by atoms with Crippen LogP contribution in [0.3, 0.4) is 0 Å². The van der Waals surface area contributed by atoms with Gasteiger partial charge >= 0.3 is 17.9 Å². The number of unbranched alkanes of at least 4 members (excludes halogenated alkanes) is 1. The zero-order valence-corrected chi connectivity index (χ0v) is 78.8. The van der Waals surface area contributed by atoms with Crippen molar-refractivity contribution in [2.75, 3.05) is 33.0 Å². The molecule has 0 aromatic heterocycles. The largest absolute Gasteiger partial charge is 0.457 e. The molecule has 9 aromatic carbocycles. The first-order valence-electron chi connectivity index (χ1n) is 45.4. The van der Waals surface area contributed by atoms with E-state index in [4.69, 9.17) is 130 Å². The molecule has 134 heavy (non-hydrogen) atoms. The molecule has 25 nitrogen and oxygen atoms in total. The quantitative estimate of drug-likeness (QED) is 0.0122. The minimum Gasteiger partial charge on any atom is -0.457 e. The van der Waals surface area contributed by atoms with Gasteiger partial charge in [-0.3, -0.25) is 19.2 Å². The van der Waals surface area contributed by atoms with Crippen molar-refractivity contribution in [3.05, 3.63) is 336 Å². The Hall–Kier alpha value is -9.21. The van der Waals surface area contributed by atoms with Gasteiger partial charge in [0.2, 0.25) is 0 Å². The number of carbonyl (C=O) groups is 4. The van der Waals surface area contributed by atoms with Crippen LogP contribution in [0.15, 0.2) is 286 Å². The molecule has 4 aliphatic rings. The molecule has 4 aliphatic heterocycles. The summed E-state index contributed by atoms with van der Waals surface area (Å²) in [5.74, 6) is -3.27. The second-order valence-electron chi connectivity index (χ2n) is 35.4. The molecule has 716 valence electrons. The molecule has 0 unspecified atom stereocenters. The van der Waals surface area contributed by atoms with Gasteiger partial charge in [-0.25, -0.2) is 0 Å². The van der Waals surface area contributed by atoms with Crippen molar-refractivity contribution < 1.29 is 114 Å². The predicted octanol–water partition coefficient (Wildman–Crippen LogP) is 17.5. The van der Waals surface area contributed by atoms with Crippen LogP contribution in [0.5, 0.6) is 0 Å². The highest BCUT2D eigenvalue weighted by Gasteiger charge is 2.61. The Morgan fingerprint density at radius 3 is 0.903 bits per heavy atom. The van der Waals surface area contributed by atoms with Gasteiger partial charge in [0.25, 0.3) is 9.70 Å². The summed E-state index contributed by atoms with van der Waals surface area (Å²) in [6.45, 7) is 14.5. The van der Waals surface area contributed by atoms with Gasteiger partial charge in [-0.05, 0) is 104 Å². The molecule has 0 radical (unpaired) electrons. The Labute approximate surface area is 800 Å². The number of ether oxygens (including phenoxy) is 20. The minimum atomic E-state index is -2.65. The van der Waals surface area contributed by atoms with Gasteiger partial charge in [0, 0.05) is 6.92 Å². The summed E-state index contributed by atoms with van der Waals surface area (Å²) in [7, 11) is 0. The van der Waals surface area contributed by atoms with E-state index in [1.165, 1.54) is 6.92 Å².